The Kier molecular flexibility index (Phi) is 6.24. The first-order chi connectivity index (χ1) is 13.1. The molecule has 1 aromatic carbocycles. The topological polar surface area (TPSA) is 68.5 Å². The summed E-state index contributed by atoms with van der Waals surface area (Å²) in [5, 5.41) is 5.95. The number of nitrogens with zero attached hydrogens (tertiary/aromatic N) is 3. The van der Waals surface area contributed by atoms with E-state index in [-0.39, 0.29) is 12.5 Å². The highest BCUT2D eigenvalue weighted by Crippen LogP contribution is 2.22. The molecule has 1 amide bonds. The van der Waals surface area contributed by atoms with Crippen LogP contribution in [0.1, 0.15) is 32.2 Å². The Labute approximate surface area is 162 Å². The molecule has 0 aliphatic heterocycles. The number of amides is 1. The Bertz CT molecular complexity index is 876. The maximum Gasteiger partial charge on any atom is 0.263 e. The Morgan fingerprint density at radius 3 is 2.78 bits per heavy atom. The average Bonchev–Trinajstić information content (AvgIpc) is 3.37. The molecule has 1 atom stereocenters. The van der Waals surface area contributed by atoms with Crippen LogP contribution in [0.5, 0.6) is 5.75 Å². The van der Waals surface area contributed by atoms with Crippen LogP contribution in [0.4, 0.5) is 0 Å². The van der Waals surface area contributed by atoms with Crippen molar-refractivity contribution in [3.63, 3.8) is 0 Å². The van der Waals surface area contributed by atoms with Crippen LogP contribution in [0.2, 0.25) is 0 Å². The van der Waals surface area contributed by atoms with Crippen molar-refractivity contribution in [3.05, 3.63) is 53.2 Å². The lowest BCUT2D eigenvalue weighted by Gasteiger charge is -2.24. The zero-order chi connectivity index (χ0) is 19.2. The van der Waals surface area contributed by atoms with Gasteiger partial charge >= 0.3 is 0 Å². The van der Waals surface area contributed by atoms with Gasteiger partial charge in [0.25, 0.3) is 5.91 Å². The van der Waals surface area contributed by atoms with E-state index < -0.39 is 6.10 Å². The molecule has 2 aromatic heterocycles. The van der Waals surface area contributed by atoms with Crippen molar-refractivity contribution in [1.82, 2.24) is 15.0 Å². The molecule has 0 radical (unpaired) electrons. The van der Waals surface area contributed by atoms with E-state index >= 15 is 0 Å². The first-order valence-corrected chi connectivity index (χ1v) is 9.90. The molecule has 0 spiro atoms. The fourth-order valence-corrected chi connectivity index (χ4v) is 3.39. The number of benzene rings is 1. The molecule has 7 heteroatoms. The van der Waals surface area contributed by atoms with E-state index in [1.165, 1.54) is 0 Å². The molecule has 6 nitrogen and oxygen atoms in total. The minimum Gasteiger partial charge on any atom is -0.481 e. The highest BCUT2D eigenvalue weighted by atomic mass is 32.1. The van der Waals surface area contributed by atoms with Crippen LogP contribution in [0.15, 0.2) is 46.3 Å². The summed E-state index contributed by atoms with van der Waals surface area (Å²) in [6.45, 7) is 6.53. The van der Waals surface area contributed by atoms with Gasteiger partial charge in [-0.2, -0.15) is 4.98 Å². The van der Waals surface area contributed by atoms with E-state index in [4.69, 9.17) is 9.26 Å². The molecule has 0 aliphatic rings. The predicted octanol–water partition coefficient (Wildman–Crippen LogP) is 4.18. The quantitative estimate of drug-likeness (QED) is 0.582. The maximum atomic E-state index is 12.8. The zero-order valence-corrected chi connectivity index (χ0v) is 16.5. The number of carbonyl (C=O) groups is 1. The van der Waals surface area contributed by atoms with Gasteiger partial charge in [0.2, 0.25) is 11.7 Å². The van der Waals surface area contributed by atoms with Crippen molar-refractivity contribution in [2.45, 2.75) is 39.8 Å². The molecule has 142 valence electrons. The van der Waals surface area contributed by atoms with Gasteiger partial charge in [-0.05, 0) is 43.3 Å². The monoisotopic (exact) mass is 385 g/mol. The molecule has 0 saturated heterocycles. The lowest BCUT2D eigenvalue weighted by atomic mass is 10.1. The minimum absolute atomic E-state index is 0.112. The van der Waals surface area contributed by atoms with E-state index in [9.17, 15) is 4.79 Å². The molecule has 1 unspecified atom stereocenters. The largest absolute Gasteiger partial charge is 0.481 e. The molecule has 0 bridgehead atoms. The Morgan fingerprint density at radius 1 is 1.26 bits per heavy atom. The van der Waals surface area contributed by atoms with Gasteiger partial charge in [0, 0.05) is 6.54 Å². The summed E-state index contributed by atoms with van der Waals surface area (Å²) in [4.78, 5) is 19.8. The van der Waals surface area contributed by atoms with Gasteiger partial charge < -0.3 is 14.2 Å². The molecular weight excluding hydrogens is 362 g/mol. The molecule has 0 N–H and O–H groups in total. The lowest BCUT2D eigenvalue weighted by Crippen LogP contribution is -2.40. The van der Waals surface area contributed by atoms with Crippen LogP contribution in [0.3, 0.4) is 0 Å². The highest BCUT2D eigenvalue weighted by Gasteiger charge is 2.24. The second kappa shape index (κ2) is 8.81. The van der Waals surface area contributed by atoms with Gasteiger partial charge in [-0.15, -0.1) is 11.3 Å². The van der Waals surface area contributed by atoms with E-state index in [1.54, 1.807) is 23.2 Å². The molecule has 3 rings (SSSR count). The van der Waals surface area contributed by atoms with Gasteiger partial charge in [-0.25, -0.2) is 0 Å². The molecule has 0 fully saturated rings. The number of aromatic nitrogens is 2. The zero-order valence-electron chi connectivity index (χ0n) is 15.7. The fourth-order valence-electron chi connectivity index (χ4n) is 2.74. The summed E-state index contributed by atoms with van der Waals surface area (Å²) in [6.07, 6.45) is 0.250. The van der Waals surface area contributed by atoms with Gasteiger partial charge in [0.1, 0.15) is 12.3 Å². The second-order valence-corrected chi connectivity index (χ2v) is 7.01. The summed E-state index contributed by atoms with van der Waals surface area (Å²) in [5.41, 5.74) is 1.08. The van der Waals surface area contributed by atoms with E-state index in [1.807, 2.05) is 48.7 Å². The predicted molar refractivity (Wildman–Crippen MR) is 105 cm³/mol. The maximum absolute atomic E-state index is 12.8. The Morgan fingerprint density at radius 2 is 2.07 bits per heavy atom. The first-order valence-electron chi connectivity index (χ1n) is 9.02. The number of hydrogen-bond acceptors (Lipinski definition) is 6. The summed E-state index contributed by atoms with van der Waals surface area (Å²) in [7, 11) is 0. The first kappa shape index (κ1) is 19.1. The van der Waals surface area contributed by atoms with Gasteiger partial charge in [-0.3, -0.25) is 4.79 Å². The fraction of sp³-hybridized carbons (Fsp3) is 0.350. The number of ether oxygens (including phenoxy) is 1. The third kappa shape index (κ3) is 4.54. The molecule has 2 heterocycles. The summed E-state index contributed by atoms with van der Waals surface area (Å²) in [5.74, 6) is 1.59. The number of carbonyl (C=O) groups excluding carboxylic acids is 1. The van der Waals surface area contributed by atoms with Crippen molar-refractivity contribution < 1.29 is 14.1 Å². The van der Waals surface area contributed by atoms with Crippen molar-refractivity contribution in [3.8, 4) is 16.5 Å². The highest BCUT2D eigenvalue weighted by molar-refractivity contribution is 7.13. The SMILES string of the molecule is CCc1ccccc1OC(C)C(=O)N(CC)Cc1nc(-c2cccs2)no1. The summed E-state index contributed by atoms with van der Waals surface area (Å²) >= 11 is 1.54. The van der Waals surface area contributed by atoms with Crippen LogP contribution in [-0.4, -0.2) is 33.6 Å². The minimum atomic E-state index is -0.600. The lowest BCUT2D eigenvalue weighted by molar-refractivity contribution is -0.138. The molecule has 0 aliphatic carbocycles. The number of thiophene rings is 1. The molecule has 3 aromatic rings. The molecule has 0 saturated carbocycles. The number of para-hydroxylation sites is 1. The van der Waals surface area contributed by atoms with Crippen molar-refractivity contribution in [1.29, 1.82) is 0 Å². The standard InChI is InChI=1S/C20H23N3O3S/c1-4-15-9-6-7-10-16(15)25-14(3)20(24)23(5-2)13-18-21-19(22-26-18)17-11-8-12-27-17/h6-12,14H,4-5,13H2,1-3H3. The van der Waals surface area contributed by atoms with Crippen LogP contribution < -0.4 is 4.74 Å². The smallest absolute Gasteiger partial charge is 0.263 e. The van der Waals surface area contributed by atoms with E-state index in [0.717, 1.165) is 22.6 Å². The third-order valence-electron chi connectivity index (χ3n) is 4.23. The molecule has 27 heavy (non-hydrogen) atoms. The second-order valence-electron chi connectivity index (χ2n) is 6.06. The number of rotatable bonds is 8. The molecular formula is C20H23N3O3S. The van der Waals surface area contributed by atoms with Gasteiger partial charge in [0.15, 0.2) is 6.10 Å². The van der Waals surface area contributed by atoms with Crippen LogP contribution in [0.25, 0.3) is 10.7 Å². The Hall–Kier alpha value is -2.67. The third-order valence-corrected chi connectivity index (χ3v) is 5.10. The summed E-state index contributed by atoms with van der Waals surface area (Å²) in [6, 6.07) is 11.7. The number of likely N-dealkylation sites (N-methyl/N-ethyl adjacent to an activating group) is 1. The van der Waals surface area contributed by atoms with E-state index in [0.29, 0.717) is 18.3 Å². The van der Waals surface area contributed by atoms with E-state index in [2.05, 4.69) is 17.1 Å². The Balaban J connectivity index is 1.66. The average molecular weight is 385 g/mol. The van der Waals surface area contributed by atoms with Gasteiger partial charge in [0.05, 0.1) is 4.88 Å². The number of hydrogen-bond donors (Lipinski definition) is 0. The van der Waals surface area contributed by atoms with Gasteiger partial charge in [-0.1, -0.05) is 36.3 Å². The van der Waals surface area contributed by atoms with Crippen LogP contribution in [0, 0.1) is 0 Å². The number of aryl methyl sites for hydroxylation is 1. The normalized spacial score (nSPS) is 12.0. The van der Waals surface area contributed by atoms with Crippen molar-refractivity contribution in [2.75, 3.05) is 6.54 Å². The summed E-state index contributed by atoms with van der Waals surface area (Å²) < 4.78 is 11.2. The van der Waals surface area contributed by atoms with Crippen molar-refractivity contribution >= 4 is 17.2 Å². The van der Waals surface area contributed by atoms with Crippen LogP contribution >= 0.6 is 11.3 Å². The van der Waals surface area contributed by atoms with Crippen molar-refractivity contribution in [2.24, 2.45) is 0 Å². The van der Waals surface area contributed by atoms with Crippen LogP contribution in [-0.2, 0) is 17.8 Å².